The van der Waals surface area contributed by atoms with E-state index in [1.807, 2.05) is 9.80 Å². The molecule has 28 heavy (non-hydrogen) atoms. The maximum absolute atomic E-state index is 13.2. The number of benzene rings is 1. The van der Waals surface area contributed by atoms with E-state index in [2.05, 4.69) is 16.7 Å². The Bertz CT molecular complexity index is 718. The summed E-state index contributed by atoms with van der Waals surface area (Å²) in [4.78, 5) is 34.5. The number of carbonyl (C=O) groups excluding carboxylic acids is 2. The molecule has 0 spiro atoms. The highest BCUT2D eigenvalue weighted by atomic mass is 19.1. The van der Waals surface area contributed by atoms with Gasteiger partial charge in [0.05, 0.1) is 0 Å². The van der Waals surface area contributed by atoms with Gasteiger partial charge in [0, 0.05) is 58.0 Å². The number of hydrogen-bond donors (Lipinski definition) is 0. The molecule has 6 nitrogen and oxygen atoms in total. The van der Waals surface area contributed by atoms with Crippen molar-refractivity contribution in [1.29, 1.82) is 0 Å². The Morgan fingerprint density at radius 3 is 1.82 bits per heavy atom. The van der Waals surface area contributed by atoms with Crippen molar-refractivity contribution >= 4 is 17.5 Å². The second-order valence-corrected chi connectivity index (χ2v) is 8.06. The topological polar surface area (TPSA) is 47.1 Å². The Balaban J connectivity index is 1.34. The van der Waals surface area contributed by atoms with Crippen molar-refractivity contribution in [1.82, 2.24) is 14.7 Å². The van der Waals surface area contributed by atoms with Crippen molar-refractivity contribution in [2.45, 2.75) is 19.8 Å². The van der Waals surface area contributed by atoms with Crippen LogP contribution < -0.4 is 4.90 Å². The Hall–Kier alpha value is -2.15. The van der Waals surface area contributed by atoms with Gasteiger partial charge in [-0.25, -0.2) is 4.39 Å². The summed E-state index contributed by atoms with van der Waals surface area (Å²) in [6, 6.07) is 6.47. The number of carbonyl (C=O) groups is 2. The van der Waals surface area contributed by atoms with Gasteiger partial charge < -0.3 is 19.6 Å². The number of rotatable bonds is 4. The van der Waals surface area contributed by atoms with E-state index in [4.69, 9.17) is 0 Å². The third-order valence-electron chi connectivity index (χ3n) is 6.43. The monoisotopic (exact) mass is 388 g/mol. The fraction of sp³-hybridized carbons (Fsp3) is 0.619. The molecule has 2 aliphatic heterocycles. The largest absolute Gasteiger partial charge is 0.368 e. The van der Waals surface area contributed by atoms with Crippen LogP contribution in [0.1, 0.15) is 19.8 Å². The highest BCUT2D eigenvalue weighted by molar-refractivity contribution is 6.08. The van der Waals surface area contributed by atoms with Crippen LogP contribution in [-0.4, -0.2) is 85.4 Å². The van der Waals surface area contributed by atoms with Gasteiger partial charge in [0.1, 0.15) is 11.2 Å². The SMILES string of the molecule is CCN1CCN(C(=O)C2(C(=O)N3CCN(c4ccc(F)cc4)CC3)CC2)CC1. The highest BCUT2D eigenvalue weighted by Gasteiger charge is 2.59. The van der Waals surface area contributed by atoms with E-state index in [1.54, 1.807) is 12.1 Å². The van der Waals surface area contributed by atoms with Crippen LogP contribution in [-0.2, 0) is 9.59 Å². The maximum Gasteiger partial charge on any atom is 0.238 e. The van der Waals surface area contributed by atoms with Crippen LogP contribution in [0.2, 0.25) is 0 Å². The van der Waals surface area contributed by atoms with Gasteiger partial charge in [-0.1, -0.05) is 6.92 Å². The molecule has 0 radical (unpaired) electrons. The molecule has 0 bridgehead atoms. The summed E-state index contributed by atoms with van der Waals surface area (Å²) in [6.45, 7) is 8.99. The van der Waals surface area contributed by atoms with Gasteiger partial charge in [-0.3, -0.25) is 9.59 Å². The average molecular weight is 388 g/mol. The molecule has 0 N–H and O–H groups in total. The van der Waals surface area contributed by atoms with Gasteiger partial charge >= 0.3 is 0 Å². The van der Waals surface area contributed by atoms with Crippen molar-refractivity contribution in [2.75, 3.05) is 63.8 Å². The predicted molar refractivity (Wildman–Crippen MR) is 106 cm³/mol. The Labute approximate surface area is 165 Å². The number of anilines is 1. The van der Waals surface area contributed by atoms with Crippen LogP contribution in [0.4, 0.5) is 10.1 Å². The molecule has 1 aliphatic carbocycles. The van der Waals surface area contributed by atoms with E-state index >= 15 is 0 Å². The Kier molecular flexibility index (Phi) is 5.27. The summed E-state index contributed by atoms with van der Waals surface area (Å²) in [7, 11) is 0. The molecule has 2 saturated heterocycles. The van der Waals surface area contributed by atoms with Crippen LogP contribution in [0.3, 0.4) is 0 Å². The van der Waals surface area contributed by atoms with Crippen molar-refractivity contribution in [2.24, 2.45) is 5.41 Å². The maximum atomic E-state index is 13.2. The van der Waals surface area contributed by atoms with Gasteiger partial charge in [0.2, 0.25) is 11.8 Å². The first-order chi connectivity index (χ1) is 13.5. The molecule has 1 aromatic carbocycles. The standard InChI is InChI=1S/C21H29FN4O2/c1-2-23-9-11-25(12-10-23)19(27)21(7-8-21)20(28)26-15-13-24(14-16-26)18-5-3-17(22)4-6-18/h3-6H,2,7-16H2,1H3. The van der Waals surface area contributed by atoms with E-state index in [9.17, 15) is 14.0 Å². The van der Waals surface area contributed by atoms with E-state index in [1.165, 1.54) is 12.1 Å². The first-order valence-corrected chi connectivity index (χ1v) is 10.3. The first kappa shape index (κ1) is 19.2. The second kappa shape index (κ2) is 7.70. The molecular formula is C21H29FN4O2. The lowest BCUT2D eigenvalue weighted by Crippen LogP contribution is -2.56. The van der Waals surface area contributed by atoms with Gasteiger partial charge in [-0.2, -0.15) is 0 Å². The van der Waals surface area contributed by atoms with E-state index in [-0.39, 0.29) is 17.6 Å². The predicted octanol–water partition coefficient (Wildman–Crippen LogP) is 1.42. The van der Waals surface area contributed by atoms with Crippen LogP contribution in [0, 0.1) is 11.2 Å². The Morgan fingerprint density at radius 1 is 0.857 bits per heavy atom. The normalized spacial score (nSPS) is 22.3. The molecule has 3 aliphatic rings. The fourth-order valence-corrected chi connectivity index (χ4v) is 4.34. The minimum atomic E-state index is -0.799. The number of nitrogens with zero attached hydrogens (tertiary/aromatic N) is 4. The van der Waals surface area contributed by atoms with Crippen molar-refractivity contribution in [3.63, 3.8) is 0 Å². The molecule has 2 amide bonds. The summed E-state index contributed by atoms with van der Waals surface area (Å²) in [5.74, 6) is -0.199. The smallest absolute Gasteiger partial charge is 0.238 e. The number of hydrogen-bond acceptors (Lipinski definition) is 4. The molecule has 2 heterocycles. The van der Waals surface area contributed by atoms with Crippen molar-refractivity contribution in [3.05, 3.63) is 30.1 Å². The molecule has 152 valence electrons. The molecule has 3 fully saturated rings. The van der Waals surface area contributed by atoms with E-state index < -0.39 is 5.41 Å². The van der Waals surface area contributed by atoms with Crippen LogP contribution in [0.25, 0.3) is 0 Å². The van der Waals surface area contributed by atoms with Gasteiger partial charge in [-0.15, -0.1) is 0 Å². The van der Waals surface area contributed by atoms with Gasteiger partial charge in [0.25, 0.3) is 0 Å². The number of halogens is 1. The first-order valence-electron chi connectivity index (χ1n) is 10.3. The van der Waals surface area contributed by atoms with Crippen LogP contribution in [0.15, 0.2) is 24.3 Å². The summed E-state index contributed by atoms with van der Waals surface area (Å²) >= 11 is 0. The second-order valence-electron chi connectivity index (χ2n) is 8.06. The lowest BCUT2D eigenvalue weighted by Gasteiger charge is -2.39. The summed E-state index contributed by atoms with van der Waals surface area (Å²) in [5.41, 5.74) is 0.173. The molecule has 4 rings (SSSR count). The Morgan fingerprint density at radius 2 is 1.36 bits per heavy atom. The zero-order valence-electron chi connectivity index (χ0n) is 16.6. The molecule has 0 aromatic heterocycles. The van der Waals surface area contributed by atoms with E-state index in [0.29, 0.717) is 39.0 Å². The molecule has 0 atom stereocenters. The van der Waals surface area contributed by atoms with Gasteiger partial charge in [0.15, 0.2) is 0 Å². The minimum absolute atomic E-state index is 0.00850. The third kappa shape index (κ3) is 3.60. The number of piperazine rings is 2. The summed E-state index contributed by atoms with van der Waals surface area (Å²) in [5, 5.41) is 0. The molecule has 1 saturated carbocycles. The zero-order valence-corrected chi connectivity index (χ0v) is 16.6. The lowest BCUT2D eigenvalue weighted by molar-refractivity contribution is -0.150. The quantitative estimate of drug-likeness (QED) is 0.732. The van der Waals surface area contributed by atoms with Crippen LogP contribution in [0.5, 0.6) is 0 Å². The fourth-order valence-electron chi connectivity index (χ4n) is 4.34. The average Bonchev–Trinajstić information content (AvgIpc) is 3.55. The van der Waals surface area contributed by atoms with Crippen LogP contribution >= 0.6 is 0 Å². The number of amides is 2. The molecular weight excluding hydrogens is 359 g/mol. The number of likely N-dealkylation sites (N-methyl/N-ethyl adjacent to an activating group) is 1. The minimum Gasteiger partial charge on any atom is -0.368 e. The summed E-state index contributed by atoms with van der Waals surface area (Å²) < 4.78 is 13.1. The molecule has 7 heteroatoms. The highest BCUT2D eigenvalue weighted by Crippen LogP contribution is 2.49. The van der Waals surface area contributed by atoms with Crippen molar-refractivity contribution < 1.29 is 14.0 Å². The molecule has 0 unspecified atom stereocenters. The van der Waals surface area contributed by atoms with Crippen molar-refractivity contribution in [3.8, 4) is 0 Å². The molecule has 1 aromatic rings. The van der Waals surface area contributed by atoms with Gasteiger partial charge in [-0.05, 0) is 43.7 Å². The van der Waals surface area contributed by atoms with E-state index in [0.717, 1.165) is 38.4 Å². The zero-order chi connectivity index (χ0) is 19.7. The summed E-state index contributed by atoms with van der Waals surface area (Å²) in [6.07, 6.45) is 1.35. The third-order valence-corrected chi connectivity index (χ3v) is 6.43. The lowest BCUT2D eigenvalue weighted by atomic mass is 10.0.